The summed E-state index contributed by atoms with van der Waals surface area (Å²) in [6.45, 7) is 0.701. The Labute approximate surface area is 128 Å². The number of nitrogens with zero attached hydrogens (tertiary/aromatic N) is 3. The molecule has 1 fully saturated rings. The van der Waals surface area contributed by atoms with Gasteiger partial charge in [0.1, 0.15) is 18.0 Å². The Morgan fingerprint density at radius 3 is 3.00 bits per heavy atom. The van der Waals surface area contributed by atoms with E-state index in [4.69, 9.17) is 0 Å². The zero-order chi connectivity index (χ0) is 15.7. The molecular formula is C14H17FN4O2S. The molecule has 8 heteroatoms. The Bertz CT molecular complexity index is 797. The summed E-state index contributed by atoms with van der Waals surface area (Å²) in [6, 6.07) is 4.18. The zero-order valence-electron chi connectivity index (χ0n) is 12.2. The van der Waals surface area contributed by atoms with Crippen LogP contribution in [0, 0.1) is 5.82 Å². The molecule has 118 valence electrons. The van der Waals surface area contributed by atoms with E-state index in [1.165, 1.54) is 25.5 Å². The van der Waals surface area contributed by atoms with E-state index in [1.54, 1.807) is 6.07 Å². The van der Waals surface area contributed by atoms with Crippen molar-refractivity contribution in [3.8, 4) is 0 Å². The Morgan fingerprint density at radius 2 is 2.23 bits per heavy atom. The van der Waals surface area contributed by atoms with Crippen LogP contribution in [0.4, 0.5) is 10.2 Å². The third kappa shape index (κ3) is 2.89. The van der Waals surface area contributed by atoms with Gasteiger partial charge in [-0.15, -0.1) is 0 Å². The second kappa shape index (κ2) is 5.77. The average molecular weight is 324 g/mol. The molecule has 1 aliphatic heterocycles. The fourth-order valence-electron chi connectivity index (χ4n) is 2.87. The fraction of sp³-hybridized carbons (Fsp3) is 0.429. The van der Waals surface area contributed by atoms with Gasteiger partial charge in [-0.25, -0.2) is 27.5 Å². The normalized spacial score (nSPS) is 19.0. The minimum absolute atomic E-state index is 0.00428. The number of aromatic nitrogens is 2. The molecule has 3 rings (SSSR count). The Kier molecular flexibility index (Phi) is 3.96. The fourth-order valence-corrected chi connectivity index (χ4v) is 3.89. The number of rotatable bonds is 4. The summed E-state index contributed by atoms with van der Waals surface area (Å²) in [4.78, 5) is 10.3. The van der Waals surface area contributed by atoms with Crippen LogP contribution in [0.5, 0.6) is 0 Å². The van der Waals surface area contributed by atoms with Crippen LogP contribution in [0.25, 0.3) is 10.9 Å². The standard InChI is InChI=1S/C14H17FN4O2S/c1-16-22(20,21)8-11-3-2-6-19(11)14-12-7-10(15)4-5-13(12)17-9-18-14/h4-5,7,9,11,16H,2-3,6,8H2,1H3/t11-/m0/s1. The molecule has 1 aliphatic rings. The van der Waals surface area contributed by atoms with E-state index in [1.807, 2.05) is 4.90 Å². The number of hydrogen-bond donors (Lipinski definition) is 1. The topological polar surface area (TPSA) is 75.2 Å². The maximum atomic E-state index is 13.5. The van der Waals surface area contributed by atoms with Gasteiger partial charge in [0.25, 0.3) is 0 Å². The summed E-state index contributed by atoms with van der Waals surface area (Å²) >= 11 is 0. The molecule has 0 spiro atoms. The van der Waals surface area contributed by atoms with Crippen LogP contribution < -0.4 is 9.62 Å². The van der Waals surface area contributed by atoms with E-state index in [9.17, 15) is 12.8 Å². The van der Waals surface area contributed by atoms with Gasteiger partial charge in [-0.2, -0.15) is 0 Å². The molecule has 2 aromatic rings. The van der Waals surface area contributed by atoms with Crippen LogP contribution >= 0.6 is 0 Å². The van der Waals surface area contributed by atoms with Crippen LogP contribution in [0.3, 0.4) is 0 Å². The molecule has 1 saturated heterocycles. The lowest BCUT2D eigenvalue weighted by molar-refractivity contribution is 0.577. The molecule has 2 heterocycles. The van der Waals surface area contributed by atoms with Crippen LogP contribution in [-0.4, -0.2) is 43.8 Å². The first-order chi connectivity index (χ1) is 10.5. The smallest absolute Gasteiger partial charge is 0.213 e. The lowest BCUT2D eigenvalue weighted by Gasteiger charge is -2.26. The highest BCUT2D eigenvalue weighted by Gasteiger charge is 2.30. The van der Waals surface area contributed by atoms with E-state index in [2.05, 4.69) is 14.7 Å². The molecule has 0 saturated carbocycles. The van der Waals surface area contributed by atoms with Crippen LogP contribution in [0.2, 0.25) is 0 Å². The highest BCUT2D eigenvalue weighted by atomic mass is 32.2. The van der Waals surface area contributed by atoms with Crippen LogP contribution in [0.15, 0.2) is 24.5 Å². The number of fused-ring (bicyclic) bond motifs is 1. The summed E-state index contributed by atoms with van der Waals surface area (Å²) in [6.07, 6.45) is 3.07. The predicted octanol–water partition coefficient (Wildman–Crippen LogP) is 1.29. The third-order valence-electron chi connectivity index (χ3n) is 3.95. The van der Waals surface area contributed by atoms with Crippen molar-refractivity contribution in [3.63, 3.8) is 0 Å². The monoisotopic (exact) mass is 324 g/mol. The first-order valence-electron chi connectivity index (χ1n) is 7.08. The lowest BCUT2D eigenvalue weighted by atomic mass is 10.2. The molecule has 1 aromatic heterocycles. The van der Waals surface area contributed by atoms with Crippen LogP contribution in [0.1, 0.15) is 12.8 Å². The van der Waals surface area contributed by atoms with Crippen molar-refractivity contribution in [2.45, 2.75) is 18.9 Å². The summed E-state index contributed by atoms with van der Waals surface area (Å²) in [5, 5.41) is 0.608. The number of hydrogen-bond acceptors (Lipinski definition) is 5. The third-order valence-corrected chi connectivity index (χ3v) is 5.39. The molecule has 0 aliphatic carbocycles. The summed E-state index contributed by atoms with van der Waals surface area (Å²) in [5.74, 6) is 0.241. The molecule has 0 radical (unpaired) electrons. The quantitative estimate of drug-likeness (QED) is 0.917. The highest BCUT2D eigenvalue weighted by Crippen LogP contribution is 2.30. The first kappa shape index (κ1) is 15.1. The second-order valence-corrected chi connectivity index (χ2v) is 7.30. The molecular weight excluding hydrogens is 307 g/mol. The number of anilines is 1. The SMILES string of the molecule is CNS(=O)(=O)C[C@@H]1CCCN1c1ncnc2ccc(F)cc12. The van der Waals surface area contributed by atoms with Gasteiger partial charge in [0, 0.05) is 18.0 Å². The van der Waals surface area contributed by atoms with Crippen LogP contribution in [-0.2, 0) is 10.0 Å². The molecule has 1 aromatic carbocycles. The van der Waals surface area contributed by atoms with Gasteiger partial charge in [-0.1, -0.05) is 0 Å². The van der Waals surface area contributed by atoms with E-state index in [-0.39, 0.29) is 17.6 Å². The van der Waals surface area contributed by atoms with Crippen molar-refractivity contribution in [2.75, 3.05) is 24.2 Å². The van der Waals surface area contributed by atoms with Crippen molar-refractivity contribution in [3.05, 3.63) is 30.3 Å². The van der Waals surface area contributed by atoms with E-state index in [0.717, 1.165) is 12.8 Å². The van der Waals surface area contributed by atoms with Gasteiger partial charge in [-0.05, 0) is 38.1 Å². The van der Waals surface area contributed by atoms with Crippen molar-refractivity contribution in [1.29, 1.82) is 0 Å². The van der Waals surface area contributed by atoms with E-state index >= 15 is 0 Å². The van der Waals surface area contributed by atoms with Gasteiger partial charge in [0.15, 0.2) is 0 Å². The molecule has 1 atom stereocenters. The van der Waals surface area contributed by atoms with Gasteiger partial charge >= 0.3 is 0 Å². The van der Waals surface area contributed by atoms with Crippen molar-refractivity contribution < 1.29 is 12.8 Å². The largest absolute Gasteiger partial charge is 0.352 e. The molecule has 6 nitrogen and oxygen atoms in total. The number of halogens is 1. The summed E-state index contributed by atoms with van der Waals surface area (Å²) in [7, 11) is -1.91. The van der Waals surface area contributed by atoms with E-state index < -0.39 is 10.0 Å². The molecule has 0 amide bonds. The first-order valence-corrected chi connectivity index (χ1v) is 8.73. The second-order valence-electron chi connectivity index (χ2n) is 5.33. The van der Waals surface area contributed by atoms with Crippen molar-refractivity contribution in [2.24, 2.45) is 0 Å². The average Bonchev–Trinajstić information content (AvgIpc) is 2.94. The van der Waals surface area contributed by atoms with Crippen molar-refractivity contribution in [1.82, 2.24) is 14.7 Å². The highest BCUT2D eigenvalue weighted by molar-refractivity contribution is 7.89. The van der Waals surface area contributed by atoms with Gasteiger partial charge in [0.05, 0.1) is 11.3 Å². The van der Waals surface area contributed by atoms with Crippen molar-refractivity contribution >= 4 is 26.7 Å². The molecule has 0 bridgehead atoms. The minimum atomic E-state index is -3.31. The van der Waals surface area contributed by atoms with E-state index in [0.29, 0.717) is 23.3 Å². The molecule has 1 N–H and O–H groups in total. The van der Waals surface area contributed by atoms with Gasteiger partial charge < -0.3 is 4.90 Å². The zero-order valence-corrected chi connectivity index (χ0v) is 13.0. The molecule has 0 unspecified atom stereocenters. The Balaban J connectivity index is 2.01. The Morgan fingerprint density at radius 1 is 1.41 bits per heavy atom. The maximum absolute atomic E-state index is 13.5. The predicted molar refractivity (Wildman–Crippen MR) is 82.7 cm³/mol. The Hall–Kier alpha value is -1.80. The summed E-state index contributed by atoms with van der Waals surface area (Å²) in [5.41, 5.74) is 0.647. The maximum Gasteiger partial charge on any atom is 0.213 e. The molecule has 22 heavy (non-hydrogen) atoms. The number of nitrogens with one attached hydrogen (secondary N) is 1. The summed E-state index contributed by atoms with van der Waals surface area (Å²) < 4.78 is 39.5. The number of benzene rings is 1. The van der Waals surface area contributed by atoms with Gasteiger partial charge in [0.2, 0.25) is 10.0 Å². The minimum Gasteiger partial charge on any atom is -0.352 e. The van der Waals surface area contributed by atoms with Gasteiger partial charge in [-0.3, -0.25) is 0 Å². The number of sulfonamides is 1. The lowest BCUT2D eigenvalue weighted by Crippen LogP contribution is -2.39.